The quantitative estimate of drug-likeness (QED) is 0.821. The number of carbonyl (C=O) groups excluding carboxylic acids is 1. The van der Waals surface area contributed by atoms with Gasteiger partial charge in [0.25, 0.3) is 0 Å². The Hall–Kier alpha value is -0.600. The van der Waals surface area contributed by atoms with Crippen molar-refractivity contribution in [3.63, 3.8) is 0 Å². The molecule has 8 heteroatoms. The molecule has 0 aliphatic rings. The van der Waals surface area contributed by atoms with Crippen LogP contribution in [0.1, 0.15) is 9.67 Å². The van der Waals surface area contributed by atoms with E-state index in [1.54, 1.807) is 0 Å². The summed E-state index contributed by atoms with van der Waals surface area (Å²) in [7, 11) is 1.24. The smallest absolute Gasteiger partial charge is 0.351 e. The molecule has 0 spiro atoms. The van der Waals surface area contributed by atoms with Crippen LogP contribution in [0.4, 0.5) is 0 Å². The number of aliphatic carboxylic acids is 1. The van der Waals surface area contributed by atoms with Crippen LogP contribution in [0.2, 0.25) is 0 Å². The van der Waals surface area contributed by atoms with Gasteiger partial charge in [0.2, 0.25) is 0 Å². The Morgan fingerprint density at radius 1 is 1.44 bits per heavy atom. The van der Waals surface area contributed by atoms with Gasteiger partial charge in [0.1, 0.15) is 0 Å². The zero-order valence-electron chi connectivity index (χ0n) is 7.95. The molecule has 0 atom stereocenters. The van der Waals surface area contributed by atoms with E-state index >= 15 is 0 Å². The summed E-state index contributed by atoms with van der Waals surface area (Å²) < 4.78 is 10.7. The van der Waals surface area contributed by atoms with Crippen molar-refractivity contribution in [2.24, 2.45) is 0 Å². The zero-order chi connectivity index (χ0) is 12.3. The average molecular weight is 374 g/mol. The molecule has 16 heavy (non-hydrogen) atoms. The van der Waals surface area contributed by atoms with E-state index in [0.29, 0.717) is 8.26 Å². The molecule has 1 N–H and O–H groups in total. The summed E-state index contributed by atoms with van der Waals surface area (Å²) in [6.07, 6.45) is 0. The summed E-state index contributed by atoms with van der Waals surface area (Å²) in [5, 5.41) is 8.49. The lowest BCUT2D eigenvalue weighted by molar-refractivity contribution is -0.139. The van der Waals surface area contributed by atoms with Crippen LogP contribution in [0.5, 0.6) is 5.75 Å². The second-order valence-electron chi connectivity index (χ2n) is 2.52. The van der Waals surface area contributed by atoms with Crippen LogP contribution in [0.3, 0.4) is 0 Å². The molecule has 0 aromatic carbocycles. The summed E-state index contributed by atoms with van der Waals surface area (Å²) in [4.78, 5) is 22.0. The highest BCUT2D eigenvalue weighted by Crippen LogP contribution is 2.43. The topological polar surface area (TPSA) is 72.8 Å². The monoisotopic (exact) mass is 372 g/mol. The standard InChI is InChI=1S/C8H6Br2O5S/c1-14-8(13)6-5(15-2-3(11)12)4(9)7(10)16-6/h2H2,1H3,(H,11,12). The maximum absolute atomic E-state index is 11.4. The Balaban J connectivity index is 3.04. The lowest BCUT2D eigenvalue weighted by Gasteiger charge is -2.04. The molecule has 0 amide bonds. The number of rotatable bonds is 4. The van der Waals surface area contributed by atoms with Crippen molar-refractivity contribution in [1.29, 1.82) is 0 Å². The third-order valence-electron chi connectivity index (χ3n) is 1.48. The molecule has 1 aromatic heterocycles. The molecule has 0 unspecified atom stereocenters. The number of carbonyl (C=O) groups is 2. The van der Waals surface area contributed by atoms with Gasteiger partial charge in [-0.3, -0.25) is 0 Å². The molecular formula is C8H6Br2O5S. The molecule has 1 rings (SSSR count). The van der Waals surface area contributed by atoms with Gasteiger partial charge in [-0.2, -0.15) is 0 Å². The molecule has 0 bridgehead atoms. The second-order valence-corrected chi connectivity index (χ2v) is 5.65. The van der Waals surface area contributed by atoms with E-state index in [2.05, 4.69) is 36.6 Å². The van der Waals surface area contributed by atoms with Crippen LogP contribution in [0, 0.1) is 0 Å². The van der Waals surface area contributed by atoms with Crippen LogP contribution in [-0.2, 0) is 9.53 Å². The van der Waals surface area contributed by atoms with E-state index in [-0.39, 0.29) is 10.6 Å². The van der Waals surface area contributed by atoms with Gasteiger partial charge in [-0.05, 0) is 31.9 Å². The van der Waals surface area contributed by atoms with Crippen LogP contribution in [0.15, 0.2) is 8.26 Å². The van der Waals surface area contributed by atoms with Crippen molar-refractivity contribution in [2.45, 2.75) is 0 Å². The Bertz CT molecular complexity index is 428. The number of hydrogen-bond acceptors (Lipinski definition) is 5. The maximum Gasteiger partial charge on any atom is 0.351 e. The largest absolute Gasteiger partial charge is 0.479 e. The molecule has 0 saturated heterocycles. The number of carboxylic acids is 1. The van der Waals surface area contributed by atoms with E-state index in [0.717, 1.165) is 11.3 Å². The Morgan fingerprint density at radius 2 is 2.06 bits per heavy atom. The molecule has 5 nitrogen and oxygen atoms in total. The normalized spacial score (nSPS) is 9.94. The first kappa shape index (κ1) is 13.5. The van der Waals surface area contributed by atoms with Gasteiger partial charge in [0.05, 0.1) is 15.4 Å². The van der Waals surface area contributed by atoms with Crippen molar-refractivity contribution >= 4 is 55.1 Å². The lowest BCUT2D eigenvalue weighted by Crippen LogP contribution is -2.11. The molecule has 0 radical (unpaired) electrons. The molecule has 0 fully saturated rings. The third kappa shape index (κ3) is 2.96. The Kier molecular flexibility index (Phi) is 4.75. The number of esters is 1. The Labute approximate surface area is 112 Å². The SMILES string of the molecule is COC(=O)c1sc(Br)c(Br)c1OCC(=O)O. The molecule has 0 aliphatic carbocycles. The number of ether oxygens (including phenoxy) is 2. The van der Waals surface area contributed by atoms with E-state index in [1.807, 2.05) is 0 Å². The van der Waals surface area contributed by atoms with Crippen molar-refractivity contribution in [3.8, 4) is 5.75 Å². The van der Waals surface area contributed by atoms with Gasteiger partial charge in [0.15, 0.2) is 17.2 Å². The van der Waals surface area contributed by atoms with Crippen molar-refractivity contribution < 1.29 is 24.2 Å². The minimum absolute atomic E-state index is 0.172. The highest BCUT2D eigenvalue weighted by molar-refractivity contribution is 9.13. The van der Waals surface area contributed by atoms with Gasteiger partial charge in [-0.25, -0.2) is 9.59 Å². The predicted octanol–water partition coefficient (Wildman–Crippen LogP) is 2.52. The van der Waals surface area contributed by atoms with Crippen molar-refractivity contribution in [1.82, 2.24) is 0 Å². The second kappa shape index (κ2) is 5.65. The van der Waals surface area contributed by atoms with E-state index < -0.39 is 18.5 Å². The summed E-state index contributed by atoms with van der Waals surface area (Å²) in [6, 6.07) is 0. The number of carboxylic acid groups (broad SMARTS) is 1. The van der Waals surface area contributed by atoms with Gasteiger partial charge in [-0.15, -0.1) is 11.3 Å². The van der Waals surface area contributed by atoms with E-state index in [4.69, 9.17) is 9.84 Å². The molecular weight excluding hydrogens is 368 g/mol. The number of halogens is 2. The first-order valence-corrected chi connectivity index (χ1v) is 6.28. The molecule has 88 valence electrons. The van der Waals surface area contributed by atoms with Gasteiger partial charge < -0.3 is 14.6 Å². The highest BCUT2D eigenvalue weighted by atomic mass is 79.9. The molecule has 0 saturated carbocycles. The minimum Gasteiger partial charge on any atom is -0.479 e. The van der Waals surface area contributed by atoms with Crippen LogP contribution >= 0.6 is 43.2 Å². The molecule has 0 aliphatic heterocycles. The van der Waals surface area contributed by atoms with Crippen LogP contribution in [-0.4, -0.2) is 30.8 Å². The van der Waals surface area contributed by atoms with Crippen LogP contribution in [0.25, 0.3) is 0 Å². The predicted molar refractivity (Wildman–Crippen MR) is 64.2 cm³/mol. The van der Waals surface area contributed by atoms with E-state index in [1.165, 1.54) is 7.11 Å². The van der Waals surface area contributed by atoms with Crippen molar-refractivity contribution in [2.75, 3.05) is 13.7 Å². The first-order valence-electron chi connectivity index (χ1n) is 3.88. The van der Waals surface area contributed by atoms with Crippen LogP contribution < -0.4 is 4.74 Å². The summed E-state index contributed by atoms with van der Waals surface area (Å²) >= 11 is 7.50. The average Bonchev–Trinajstić information content (AvgIpc) is 2.52. The minimum atomic E-state index is -1.12. The highest BCUT2D eigenvalue weighted by Gasteiger charge is 2.23. The fourth-order valence-electron chi connectivity index (χ4n) is 0.860. The van der Waals surface area contributed by atoms with Gasteiger partial charge in [0, 0.05) is 0 Å². The lowest BCUT2D eigenvalue weighted by atomic mass is 10.4. The molecule has 1 heterocycles. The number of hydrogen-bond donors (Lipinski definition) is 1. The number of thiophene rings is 1. The fourth-order valence-corrected chi connectivity index (χ4v) is 2.99. The van der Waals surface area contributed by atoms with Gasteiger partial charge in [-0.1, -0.05) is 0 Å². The molecule has 1 aromatic rings. The summed E-state index contributed by atoms with van der Waals surface area (Å²) in [5.41, 5.74) is 0. The Morgan fingerprint density at radius 3 is 2.56 bits per heavy atom. The zero-order valence-corrected chi connectivity index (χ0v) is 11.9. The third-order valence-corrected chi connectivity index (χ3v) is 4.85. The van der Waals surface area contributed by atoms with Crippen molar-refractivity contribution in [3.05, 3.63) is 13.1 Å². The summed E-state index contributed by atoms with van der Waals surface area (Å²) in [6.45, 7) is -0.522. The first-order chi connectivity index (χ1) is 7.47. The van der Waals surface area contributed by atoms with Gasteiger partial charge >= 0.3 is 11.9 Å². The fraction of sp³-hybridized carbons (Fsp3) is 0.250. The van der Waals surface area contributed by atoms with E-state index in [9.17, 15) is 9.59 Å². The summed E-state index contributed by atoms with van der Waals surface area (Å²) in [5.74, 6) is -1.52. The number of methoxy groups -OCH3 is 1. The maximum atomic E-state index is 11.4.